The van der Waals surface area contributed by atoms with Crippen molar-refractivity contribution in [2.24, 2.45) is 0 Å². The number of esters is 10. The van der Waals surface area contributed by atoms with E-state index in [2.05, 4.69) is 92.4 Å². The molecule has 0 heterocycles. The average molecular weight is 1940 g/mol. The second-order valence-corrected chi connectivity index (χ2v) is 28.3. The maximum absolute atomic E-state index is 12.3. The van der Waals surface area contributed by atoms with Crippen molar-refractivity contribution in [1.29, 1.82) is 0 Å². The molecule has 0 unspecified atom stereocenters. The van der Waals surface area contributed by atoms with Gasteiger partial charge in [-0.05, 0) is 104 Å². The fourth-order valence-corrected chi connectivity index (χ4v) is 8.67. The van der Waals surface area contributed by atoms with Gasteiger partial charge in [0.15, 0.2) is 30.5 Å². The first kappa shape index (κ1) is 132. The molecule has 5 N–H and O–H groups in total. The molecule has 0 aliphatic rings. The van der Waals surface area contributed by atoms with E-state index in [-0.39, 0.29) is 132 Å². The van der Waals surface area contributed by atoms with Crippen molar-refractivity contribution in [3.8, 4) is 0 Å². The van der Waals surface area contributed by atoms with Crippen LogP contribution in [0.25, 0.3) is 0 Å². The van der Waals surface area contributed by atoms with Crippen molar-refractivity contribution in [2.75, 3.05) is 198 Å². The molecule has 0 radical (unpaired) electrons. The fourth-order valence-electron chi connectivity index (χ4n) is 8.67. The van der Waals surface area contributed by atoms with Gasteiger partial charge >= 0.3 is 90.2 Å². The zero-order valence-electron chi connectivity index (χ0n) is 80.8. The number of carbonyl (C=O) groups excluding carboxylic acids is 15. The average Bonchev–Trinajstić information content (AvgIpc) is 0.887. The van der Waals surface area contributed by atoms with E-state index in [9.17, 15) is 71.9 Å². The van der Waals surface area contributed by atoms with Gasteiger partial charge in [0.1, 0.15) is 93.8 Å². The van der Waals surface area contributed by atoms with Gasteiger partial charge < -0.3 is 145 Å². The van der Waals surface area contributed by atoms with Crippen LogP contribution in [-0.2, 0) is 166 Å². The quantitative estimate of drug-likeness (QED) is 0.0236. The van der Waals surface area contributed by atoms with Crippen LogP contribution in [0.15, 0.2) is 127 Å². The van der Waals surface area contributed by atoms with Crippen molar-refractivity contribution >= 4 is 90.2 Å². The van der Waals surface area contributed by atoms with E-state index in [1.807, 2.05) is 69.2 Å². The normalized spacial score (nSPS) is 10.8. The fraction of sp³-hybridized carbons (Fsp3) is 0.611. The van der Waals surface area contributed by atoms with Crippen LogP contribution in [0.5, 0.6) is 0 Å². The third kappa shape index (κ3) is 75.1. The van der Waals surface area contributed by atoms with E-state index in [4.69, 9.17) is 118 Å². The lowest BCUT2D eigenvalue weighted by molar-refractivity contribution is -0.146. The Balaban J connectivity index is -0.000000522. The summed E-state index contributed by atoms with van der Waals surface area (Å²) in [7, 11) is 0. The number of hydrogen-bond donors (Lipinski definition) is 5. The Hall–Kier alpha value is -11.9. The molecule has 5 amide bonds. The molecule has 0 bridgehead atoms. The van der Waals surface area contributed by atoms with Crippen LogP contribution in [0, 0.1) is 0 Å². The van der Waals surface area contributed by atoms with Crippen LogP contribution in [0.4, 0.5) is 24.0 Å². The van der Waals surface area contributed by atoms with Crippen molar-refractivity contribution in [1.82, 2.24) is 26.6 Å². The molecule has 45 nitrogen and oxygen atoms in total. The van der Waals surface area contributed by atoms with Gasteiger partial charge in [-0.15, -0.1) is 0 Å². The molecule has 0 rings (SSSR count). The molecule has 0 aliphatic heterocycles. The number of rotatable bonds is 70. The third-order valence-corrected chi connectivity index (χ3v) is 15.5. The molecule has 0 aromatic rings. The Kier molecular flexibility index (Phi) is 79.5. The highest BCUT2D eigenvalue weighted by molar-refractivity contribution is 5.85. The molecule has 0 aromatic heterocycles. The van der Waals surface area contributed by atoms with Gasteiger partial charge in [-0.3, -0.25) is 0 Å². The minimum atomic E-state index is -1.23. The Bertz CT molecular complexity index is 2890. The summed E-state index contributed by atoms with van der Waals surface area (Å²) in [5, 5.41) is 12.7. The SMILES string of the molecule is C=CC(=O)OCC(C)(COC(=O)C=C)NC(=O)OC(COCC)COCC.C=CC(=O)OCC(C)(COC(=O)C=C)NC(=O)OC(COCC)COCC.C=CC(=O)OCC(C)(COC(=O)C=C)NC(=O)OC(COCC)COCC.C=CC(=O)OCC(C)(COC(=O)C=C)NC(=O)OC(COCC)COCC.C=CC(=O)OCC(C)(COC(=O)C=C)NC(=O)OC(COCC)COCC. The van der Waals surface area contributed by atoms with E-state index < -0.39 is 148 Å². The van der Waals surface area contributed by atoms with Crippen LogP contribution in [0.1, 0.15) is 104 Å². The monoisotopic (exact) mass is 1940 g/mol. The summed E-state index contributed by atoms with van der Waals surface area (Å²) in [5.74, 6) is -6.83. The molecule has 0 saturated heterocycles. The first-order valence-corrected chi connectivity index (χ1v) is 42.6. The highest BCUT2D eigenvalue weighted by Gasteiger charge is 2.38. The highest BCUT2D eigenvalue weighted by Crippen LogP contribution is 2.16. The van der Waals surface area contributed by atoms with Crippen LogP contribution in [-0.4, -0.2) is 347 Å². The topological polar surface area (TPSA) is 547 Å². The molecule has 0 atom stereocenters. The summed E-state index contributed by atoms with van der Waals surface area (Å²) in [6, 6.07) is 0. The van der Waals surface area contributed by atoms with Gasteiger partial charge in [-0.25, -0.2) is 71.9 Å². The first-order chi connectivity index (χ1) is 64.0. The maximum atomic E-state index is 12.3. The standard InChI is InChI=1S/5C18H29NO8/c5*1-6-15(20)25-12-18(5,13-26-16(21)7-2)19-17(22)27-14(10-23-8-3)11-24-9-4/h5*6-7,14H,1-2,8-13H2,3-5H3,(H,19,22). The Morgan fingerprint density at radius 1 is 0.193 bits per heavy atom. The predicted molar refractivity (Wildman–Crippen MR) is 486 cm³/mol. The van der Waals surface area contributed by atoms with Gasteiger partial charge in [-0.1, -0.05) is 65.8 Å². The van der Waals surface area contributed by atoms with Gasteiger partial charge in [0.2, 0.25) is 0 Å². The predicted octanol–water partition coefficient (Wildman–Crippen LogP) is 6.86. The summed E-state index contributed by atoms with van der Waals surface area (Å²) in [5.41, 5.74) is -6.13. The second-order valence-electron chi connectivity index (χ2n) is 28.3. The van der Waals surface area contributed by atoms with Gasteiger partial charge in [0, 0.05) is 127 Å². The molecule has 0 saturated carbocycles. The van der Waals surface area contributed by atoms with Gasteiger partial charge in [0.25, 0.3) is 0 Å². The van der Waals surface area contributed by atoms with E-state index >= 15 is 0 Å². The van der Waals surface area contributed by atoms with Crippen LogP contribution in [0.3, 0.4) is 0 Å². The molecule has 770 valence electrons. The van der Waals surface area contributed by atoms with Crippen molar-refractivity contribution in [3.63, 3.8) is 0 Å². The third-order valence-electron chi connectivity index (χ3n) is 15.5. The maximum Gasteiger partial charge on any atom is 0.408 e. The number of carbonyl (C=O) groups is 15. The molecule has 0 fully saturated rings. The minimum absolute atomic E-state index is 0.164. The number of hydrogen-bond acceptors (Lipinski definition) is 40. The Morgan fingerprint density at radius 3 is 0.356 bits per heavy atom. The van der Waals surface area contributed by atoms with Crippen LogP contribution >= 0.6 is 0 Å². The highest BCUT2D eigenvalue weighted by atomic mass is 16.6. The van der Waals surface area contributed by atoms with Crippen LogP contribution in [0.2, 0.25) is 0 Å². The number of amides is 5. The lowest BCUT2D eigenvalue weighted by Crippen LogP contribution is -2.54. The zero-order chi connectivity index (χ0) is 104. The molecular weight excluding hydrogens is 1790 g/mol. The number of alkyl carbamates (subject to hydrolysis) is 5. The largest absolute Gasteiger partial charge is 0.460 e. The van der Waals surface area contributed by atoms with Crippen molar-refractivity contribution in [2.45, 2.75) is 162 Å². The molecule has 0 aromatic carbocycles. The number of ether oxygens (including phenoxy) is 25. The lowest BCUT2D eigenvalue weighted by atomic mass is 10.1. The zero-order valence-corrected chi connectivity index (χ0v) is 80.8. The van der Waals surface area contributed by atoms with Gasteiger partial charge in [-0.2, -0.15) is 0 Å². The van der Waals surface area contributed by atoms with Crippen molar-refractivity contribution < 1.29 is 190 Å². The summed E-state index contributed by atoms with van der Waals surface area (Å²) < 4.78 is 129. The Labute approximate surface area is 790 Å². The minimum Gasteiger partial charge on any atom is -0.460 e. The van der Waals surface area contributed by atoms with E-state index in [1.54, 1.807) is 0 Å². The van der Waals surface area contributed by atoms with Gasteiger partial charge in [0.05, 0.1) is 66.1 Å². The summed E-state index contributed by atoms with van der Waals surface area (Å²) in [4.78, 5) is 174. The molecule has 135 heavy (non-hydrogen) atoms. The number of nitrogens with one attached hydrogen (secondary N) is 5. The first-order valence-electron chi connectivity index (χ1n) is 42.6. The summed E-state index contributed by atoms with van der Waals surface area (Å²) >= 11 is 0. The van der Waals surface area contributed by atoms with E-state index in [0.29, 0.717) is 66.1 Å². The summed E-state index contributed by atoms with van der Waals surface area (Å²) in [6.45, 7) is 62.3. The Morgan fingerprint density at radius 2 is 0.281 bits per heavy atom. The lowest BCUT2D eigenvalue weighted by Gasteiger charge is -2.30. The molecular formula is C90H145N5O40. The molecule has 0 aliphatic carbocycles. The summed E-state index contributed by atoms with van der Waals surface area (Å²) in [6.07, 6.45) is 2.69. The van der Waals surface area contributed by atoms with E-state index in [1.165, 1.54) is 34.6 Å². The molecule has 45 heteroatoms. The smallest absolute Gasteiger partial charge is 0.408 e. The van der Waals surface area contributed by atoms with E-state index in [0.717, 1.165) is 60.8 Å². The second kappa shape index (κ2) is 81.6. The van der Waals surface area contributed by atoms with Crippen LogP contribution < -0.4 is 26.6 Å². The molecule has 0 spiro atoms. The van der Waals surface area contributed by atoms with Crippen molar-refractivity contribution in [3.05, 3.63) is 127 Å².